The van der Waals surface area contributed by atoms with Crippen LogP contribution in [0.1, 0.15) is 39.2 Å². The predicted octanol–water partition coefficient (Wildman–Crippen LogP) is 2.39. The molecule has 2 rings (SSSR count). The van der Waals surface area contributed by atoms with E-state index in [0.29, 0.717) is 18.4 Å². The Labute approximate surface area is 198 Å². The molecule has 1 saturated heterocycles. The highest BCUT2D eigenvalue weighted by atomic mass is 127. The normalized spacial score (nSPS) is 15.9. The molecule has 0 aromatic heterocycles. The summed E-state index contributed by atoms with van der Waals surface area (Å²) in [5, 5.41) is 6.21. The molecule has 0 unspecified atom stereocenters. The van der Waals surface area contributed by atoms with Gasteiger partial charge in [-0.1, -0.05) is 12.1 Å². The van der Waals surface area contributed by atoms with Gasteiger partial charge in [-0.05, 0) is 76.7 Å². The Morgan fingerprint density at radius 1 is 1.23 bits per heavy atom. The highest BCUT2D eigenvalue weighted by molar-refractivity contribution is 14.0. The number of piperidine rings is 1. The Balaban J connectivity index is 0.00000450. The van der Waals surface area contributed by atoms with Gasteiger partial charge in [-0.2, -0.15) is 0 Å². The minimum atomic E-state index is -0.179. The number of benzene rings is 1. The van der Waals surface area contributed by atoms with Crippen molar-refractivity contribution in [1.29, 1.82) is 0 Å². The van der Waals surface area contributed by atoms with Crippen molar-refractivity contribution in [2.24, 2.45) is 16.6 Å². The Hall–Kier alpha value is -1.55. The molecule has 1 heterocycles. The lowest BCUT2D eigenvalue weighted by molar-refractivity contribution is -0.124. The maximum Gasteiger partial charge on any atom is 0.234 e. The third kappa shape index (κ3) is 10.5. The molecule has 0 aliphatic carbocycles. The summed E-state index contributed by atoms with van der Waals surface area (Å²) in [6.07, 6.45) is 2.98. The quantitative estimate of drug-likeness (QED) is 0.272. The van der Waals surface area contributed by atoms with Gasteiger partial charge in [-0.25, -0.2) is 0 Å². The summed E-state index contributed by atoms with van der Waals surface area (Å²) in [6.45, 7) is 9.85. The van der Waals surface area contributed by atoms with Crippen molar-refractivity contribution in [2.75, 3.05) is 39.8 Å². The van der Waals surface area contributed by atoms with E-state index in [1.165, 1.54) is 5.56 Å². The second-order valence-corrected chi connectivity index (χ2v) is 8.77. The lowest BCUT2D eigenvalue weighted by atomic mass is 9.97. The first-order valence-electron chi connectivity index (χ1n) is 10.5. The van der Waals surface area contributed by atoms with Crippen LogP contribution >= 0.6 is 24.0 Å². The van der Waals surface area contributed by atoms with Gasteiger partial charge >= 0.3 is 0 Å². The molecular formula is C22H38IN5O2. The number of aliphatic imine (C=N–C) groups is 1. The zero-order valence-electron chi connectivity index (χ0n) is 18.7. The van der Waals surface area contributed by atoms with Crippen LogP contribution in [0.4, 0.5) is 0 Å². The molecule has 170 valence electrons. The average Bonchev–Trinajstić information content (AvgIpc) is 2.66. The molecule has 1 aromatic rings. The van der Waals surface area contributed by atoms with E-state index in [1.54, 1.807) is 7.11 Å². The summed E-state index contributed by atoms with van der Waals surface area (Å²) in [6, 6.07) is 8.05. The van der Waals surface area contributed by atoms with Gasteiger partial charge < -0.3 is 21.1 Å². The number of amides is 1. The fourth-order valence-corrected chi connectivity index (χ4v) is 3.40. The number of nitrogens with zero attached hydrogens (tertiary/aromatic N) is 2. The van der Waals surface area contributed by atoms with Crippen LogP contribution in [0.15, 0.2) is 29.3 Å². The zero-order chi connectivity index (χ0) is 21.3. The van der Waals surface area contributed by atoms with E-state index in [-0.39, 0.29) is 35.4 Å². The molecular weight excluding hydrogens is 493 g/mol. The standard InChI is InChI=1S/C22H37N5O2.HI/c1-22(2,3)26-20(28)16-27-13-10-18(11-14-27)15-25-21(23)24-12-9-17-5-7-19(29-4)8-6-17;/h5-8,18H,9-16H2,1-4H3,(H,26,28)(H3,23,24,25);1H. The van der Waals surface area contributed by atoms with Gasteiger partial charge in [0.05, 0.1) is 13.7 Å². The molecule has 1 aliphatic rings. The third-order valence-corrected chi connectivity index (χ3v) is 4.99. The van der Waals surface area contributed by atoms with E-state index in [0.717, 1.165) is 51.2 Å². The second kappa shape index (κ2) is 13.0. The van der Waals surface area contributed by atoms with Gasteiger partial charge in [-0.3, -0.25) is 14.7 Å². The van der Waals surface area contributed by atoms with Crippen molar-refractivity contribution in [2.45, 2.75) is 45.6 Å². The Bertz CT molecular complexity index is 665. The van der Waals surface area contributed by atoms with Gasteiger partial charge in [0.1, 0.15) is 5.75 Å². The molecule has 1 aromatic carbocycles. The van der Waals surface area contributed by atoms with Gasteiger partial charge in [0.2, 0.25) is 5.91 Å². The van der Waals surface area contributed by atoms with Crippen LogP contribution in [0, 0.1) is 5.92 Å². The van der Waals surface area contributed by atoms with Crippen LogP contribution in [-0.2, 0) is 11.2 Å². The minimum absolute atomic E-state index is 0. The molecule has 0 saturated carbocycles. The number of rotatable bonds is 8. The van der Waals surface area contributed by atoms with E-state index in [9.17, 15) is 4.79 Å². The minimum Gasteiger partial charge on any atom is -0.497 e. The van der Waals surface area contributed by atoms with Gasteiger partial charge in [0.15, 0.2) is 5.96 Å². The summed E-state index contributed by atoms with van der Waals surface area (Å²) in [5.41, 5.74) is 7.06. The molecule has 4 N–H and O–H groups in total. The summed E-state index contributed by atoms with van der Waals surface area (Å²) >= 11 is 0. The van der Waals surface area contributed by atoms with E-state index < -0.39 is 0 Å². The van der Waals surface area contributed by atoms with E-state index in [1.807, 2.05) is 32.9 Å². The van der Waals surface area contributed by atoms with E-state index in [2.05, 4.69) is 32.7 Å². The maximum absolute atomic E-state index is 12.1. The average molecular weight is 531 g/mol. The topological polar surface area (TPSA) is 92.0 Å². The van der Waals surface area contributed by atoms with Crippen LogP contribution in [0.2, 0.25) is 0 Å². The lowest BCUT2D eigenvalue weighted by Crippen LogP contribution is -2.47. The van der Waals surface area contributed by atoms with Crippen molar-refractivity contribution >= 4 is 35.8 Å². The van der Waals surface area contributed by atoms with Crippen molar-refractivity contribution in [1.82, 2.24) is 15.5 Å². The summed E-state index contributed by atoms with van der Waals surface area (Å²) in [7, 11) is 1.67. The third-order valence-electron chi connectivity index (χ3n) is 4.99. The fraction of sp³-hybridized carbons (Fsp3) is 0.636. The van der Waals surface area contributed by atoms with Gasteiger partial charge in [-0.15, -0.1) is 24.0 Å². The van der Waals surface area contributed by atoms with Crippen LogP contribution < -0.4 is 21.1 Å². The number of ether oxygens (including phenoxy) is 1. The van der Waals surface area contributed by atoms with Gasteiger partial charge in [0.25, 0.3) is 0 Å². The highest BCUT2D eigenvalue weighted by Gasteiger charge is 2.22. The monoisotopic (exact) mass is 531 g/mol. The number of carbonyl (C=O) groups excluding carboxylic acids is 1. The van der Waals surface area contributed by atoms with Crippen LogP contribution in [0.3, 0.4) is 0 Å². The number of methoxy groups -OCH3 is 1. The molecule has 7 nitrogen and oxygen atoms in total. The van der Waals surface area contributed by atoms with Gasteiger partial charge in [0, 0.05) is 18.6 Å². The number of hydrogen-bond acceptors (Lipinski definition) is 4. The fourth-order valence-electron chi connectivity index (χ4n) is 3.40. The molecule has 8 heteroatoms. The molecule has 1 amide bonds. The number of nitrogens with two attached hydrogens (primary N) is 1. The molecule has 0 radical (unpaired) electrons. The number of nitrogens with one attached hydrogen (secondary N) is 2. The lowest BCUT2D eigenvalue weighted by Gasteiger charge is -2.31. The highest BCUT2D eigenvalue weighted by Crippen LogP contribution is 2.17. The Morgan fingerprint density at radius 3 is 2.43 bits per heavy atom. The molecule has 0 bridgehead atoms. The number of carbonyl (C=O) groups is 1. The smallest absolute Gasteiger partial charge is 0.234 e. The number of hydrogen-bond donors (Lipinski definition) is 3. The summed E-state index contributed by atoms with van der Waals surface area (Å²) in [5.74, 6) is 1.99. The van der Waals surface area contributed by atoms with Crippen molar-refractivity contribution in [3.63, 3.8) is 0 Å². The molecule has 1 fully saturated rings. The maximum atomic E-state index is 12.1. The van der Waals surface area contributed by atoms with E-state index >= 15 is 0 Å². The first-order valence-corrected chi connectivity index (χ1v) is 10.5. The molecule has 30 heavy (non-hydrogen) atoms. The van der Waals surface area contributed by atoms with E-state index in [4.69, 9.17) is 10.5 Å². The van der Waals surface area contributed by atoms with Crippen LogP contribution in [0.5, 0.6) is 5.75 Å². The van der Waals surface area contributed by atoms with Crippen molar-refractivity contribution in [3.05, 3.63) is 29.8 Å². The Morgan fingerprint density at radius 2 is 1.87 bits per heavy atom. The van der Waals surface area contributed by atoms with Crippen LogP contribution in [0.25, 0.3) is 0 Å². The molecule has 1 aliphatic heterocycles. The summed E-state index contributed by atoms with van der Waals surface area (Å²) in [4.78, 5) is 18.8. The largest absolute Gasteiger partial charge is 0.497 e. The second-order valence-electron chi connectivity index (χ2n) is 8.77. The SMILES string of the molecule is COc1ccc(CCNC(N)=NCC2CCN(CC(=O)NC(C)(C)C)CC2)cc1.I. The Kier molecular flexibility index (Phi) is 11.5. The predicted molar refractivity (Wildman–Crippen MR) is 134 cm³/mol. The molecule has 0 spiro atoms. The van der Waals surface area contributed by atoms with Crippen molar-refractivity contribution in [3.8, 4) is 5.75 Å². The number of likely N-dealkylation sites (tertiary alicyclic amines) is 1. The first-order chi connectivity index (χ1) is 13.7. The first kappa shape index (κ1) is 26.5. The summed E-state index contributed by atoms with van der Waals surface area (Å²) < 4.78 is 5.17. The molecule has 0 atom stereocenters. The van der Waals surface area contributed by atoms with Crippen molar-refractivity contribution < 1.29 is 9.53 Å². The number of guanidine groups is 1. The number of halogens is 1. The van der Waals surface area contributed by atoms with Crippen LogP contribution in [-0.4, -0.2) is 62.1 Å². The zero-order valence-corrected chi connectivity index (χ0v) is 21.1.